The molecule has 2 N–H and O–H groups in total. The number of aliphatic imine (C=N–C) groups is 1. The van der Waals surface area contributed by atoms with Gasteiger partial charge < -0.3 is 25.0 Å². The van der Waals surface area contributed by atoms with Crippen LogP contribution >= 0.6 is 0 Å². The first-order valence-corrected chi connectivity index (χ1v) is 8.83. The number of carbonyl (C=O) groups excluding carboxylic acids is 1. The number of benzene rings is 1. The lowest BCUT2D eigenvalue weighted by Gasteiger charge is -2.18. The van der Waals surface area contributed by atoms with Crippen LogP contribution in [0.4, 0.5) is 0 Å². The molecule has 7 heteroatoms. The van der Waals surface area contributed by atoms with Gasteiger partial charge in [-0.15, -0.1) is 0 Å². The minimum absolute atomic E-state index is 0.218. The maximum atomic E-state index is 11.8. The molecule has 1 atom stereocenters. The molecule has 0 aliphatic carbocycles. The summed E-state index contributed by atoms with van der Waals surface area (Å²) >= 11 is 0. The van der Waals surface area contributed by atoms with Gasteiger partial charge in [0.15, 0.2) is 17.5 Å². The Morgan fingerprint density at radius 2 is 2.20 bits per heavy atom. The van der Waals surface area contributed by atoms with Crippen molar-refractivity contribution in [3.8, 4) is 11.5 Å². The van der Waals surface area contributed by atoms with E-state index in [-0.39, 0.29) is 11.9 Å². The van der Waals surface area contributed by atoms with Crippen molar-refractivity contribution in [2.24, 2.45) is 4.99 Å². The molecule has 0 saturated carbocycles. The zero-order valence-electron chi connectivity index (χ0n) is 14.9. The second-order valence-electron chi connectivity index (χ2n) is 6.26. The van der Waals surface area contributed by atoms with Crippen LogP contribution in [0, 0.1) is 0 Å². The van der Waals surface area contributed by atoms with Crippen LogP contribution in [0.1, 0.15) is 25.3 Å². The molecule has 0 aromatic heterocycles. The standard InChI is InChI=1S/C18H26N4O3/c1-3-17(23)22-9-7-14(11-22)21-18(19-2)20-8-6-13-4-5-15-16(10-13)25-12-24-15/h4-5,10,14H,3,6-9,11-12H2,1-2H3,(H2,19,20,21). The number of nitrogens with one attached hydrogen (secondary N) is 2. The number of nitrogens with zero attached hydrogens (tertiary/aromatic N) is 2. The van der Waals surface area contributed by atoms with Crippen LogP contribution in [-0.2, 0) is 11.2 Å². The number of likely N-dealkylation sites (tertiary alicyclic amines) is 1. The second kappa shape index (κ2) is 8.09. The predicted molar refractivity (Wildman–Crippen MR) is 96.0 cm³/mol. The van der Waals surface area contributed by atoms with Crippen molar-refractivity contribution in [3.63, 3.8) is 0 Å². The van der Waals surface area contributed by atoms with E-state index in [4.69, 9.17) is 9.47 Å². The molecule has 0 spiro atoms. The average Bonchev–Trinajstić information content (AvgIpc) is 3.28. The highest BCUT2D eigenvalue weighted by molar-refractivity contribution is 5.80. The molecule has 0 radical (unpaired) electrons. The minimum atomic E-state index is 0.218. The molecule has 1 fully saturated rings. The molecule has 1 unspecified atom stereocenters. The Balaban J connectivity index is 1.43. The first kappa shape index (κ1) is 17.4. The van der Waals surface area contributed by atoms with Gasteiger partial charge in [-0.25, -0.2) is 0 Å². The normalized spacial score (nSPS) is 19.2. The van der Waals surface area contributed by atoms with Crippen molar-refractivity contribution >= 4 is 11.9 Å². The first-order chi connectivity index (χ1) is 12.2. The van der Waals surface area contributed by atoms with E-state index in [1.807, 2.05) is 24.0 Å². The van der Waals surface area contributed by atoms with Crippen LogP contribution in [0.3, 0.4) is 0 Å². The SMILES string of the molecule is CCC(=O)N1CCC(NC(=NC)NCCc2ccc3c(c2)OCO3)C1. The lowest BCUT2D eigenvalue weighted by atomic mass is 10.1. The molecule has 2 heterocycles. The van der Waals surface area contributed by atoms with Gasteiger partial charge in [-0.2, -0.15) is 0 Å². The maximum absolute atomic E-state index is 11.8. The molecular formula is C18H26N4O3. The van der Waals surface area contributed by atoms with Gasteiger partial charge in [-0.1, -0.05) is 13.0 Å². The van der Waals surface area contributed by atoms with Crippen molar-refractivity contribution in [1.29, 1.82) is 0 Å². The number of rotatable bonds is 5. The summed E-state index contributed by atoms with van der Waals surface area (Å²) in [6, 6.07) is 6.28. The molecule has 0 bridgehead atoms. The molecule has 2 aliphatic heterocycles. The number of guanidine groups is 1. The number of fused-ring (bicyclic) bond motifs is 1. The van der Waals surface area contributed by atoms with E-state index < -0.39 is 0 Å². The first-order valence-electron chi connectivity index (χ1n) is 8.83. The third kappa shape index (κ3) is 4.35. The van der Waals surface area contributed by atoms with Crippen LogP contribution in [0.25, 0.3) is 0 Å². The Bertz CT molecular complexity index is 647. The van der Waals surface area contributed by atoms with E-state index in [1.165, 1.54) is 5.56 Å². The van der Waals surface area contributed by atoms with Crippen LogP contribution in [0.5, 0.6) is 11.5 Å². The minimum Gasteiger partial charge on any atom is -0.454 e. The van der Waals surface area contributed by atoms with Crippen molar-refractivity contribution < 1.29 is 14.3 Å². The third-order valence-electron chi connectivity index (χ3n) is 4.55. The largest absolute Gasteiger partial charge is 0.454 e. The summed E-state index contributed by atoms with van der Waals surface area (Å²) in [6.07, 6.45) is 2.38. The monoisotopic (exact) mass is 346 g/mol. The highest BCUT2D eigenvalue weighted by Gasteiger charge is 2.25. The molecule has 7 nitrogen and oxygen atoms in total. The van der Waals surface area contributed by atoms with E-state index in [2.05, 4.69) is 21.7 Å². The highest BCUT2D eigenvalue weighted by Crippen LogP contribution is 2.32. The summed E-state index contributed by atoms with van der Waals surface area (Å²) in [6.45, 7) is 4.53. The van der Waals surface area contributed by atoms with Crippen molar-refractivity contribution in [3.05, 3.63) is 23.8 Å². The Hall–Kier alpha value is -2.44. The smallest absolute Gasteiger partial charge is 0.231 e. The van der Waals surface area contributed by atoms with E-state index >= 15 is 0 Å². The summed E-state index contributed by atoms with van der Waals surface area (Å²) in [7, 11) is 1.76. The van der Waals surface area contributed by atoms with E-state index in [9.17, 15) is 4.79 Å². The Morgan fingerprint density at radius 1 is 1.36 bits per heavy atom. The fourth-order valence-electron chi connectivity index (χ4n) is 3.14. The number of carbonyl (C=O) groups is 1. The lowest BCUT2D eigenvalue weighted by Crippen LogP contribution is -2.45. The Morgan fingerprint density at radius 3 is 3.00 bits per heavy atom. The zero-order valence-corrected chi connectivity index (χ0v) is 14.9. The van der Waals surface area contributed by atoms with Crippen LogP contribution in [0.2, 0.25) is 0 Å². The van der Waals surface area contributed by atoms with Crippen LogP contribution in [-0.4, -0.2) is 56.3 Å². The zero-order chi connectivity index (χ0) is 17.6. The molecule has 2 aliphatic rings. The van der Waals surface area contributed by atoms with Gasteiger partial charge in [0.1, 0.15) is 0 Å². The Labute approximate surface area is 148 Å². The number of amides is 1. The van der Waals surface area contributed by atoms with E-state index in [0.29, 0.717) is 13.2 Å². The van der Waals surface area contributed by atoms with Gasteiger partial charge in [0.2, 0.25) is 12.7 Å². The number of ether oxygens (including phenoxy) is 2. The van der Waals surface area contributed by atoms with Gasteiger partial charge in [0.05, 0.1) is 0 Å². The number of hydrogen-bond acceptors (Lipinski definition) is 4. The number of hydrogen-bond donors (Lipinski definition) is 2. The van der Waals surface area contributed by atoms with Gasteiger partial charge in [0.25, 0.3) is 0 Å². The molecule has 3 rings (SSSR count). The summed E-state index contributed by atoms with van der Waals surface area (Å²) < 4.78 is 10.7. The molecular weight excluding hydrogens is 320 g/mol. The van der Waals surface area contributed by atoms with Gasteiger partial charge in [-0.3, -0.25) is 9.79 Å². The molecule has 1 aromatic carbocycles. The van der Waals surface area contributed by atoms with Crippen LogP contribution < -0.4 is 20.1 Å². The van der Waals surface area contributed by atoms with Crippen LogP contribution in [0.15, 0.2) is 23.2 Å². The summed E-state index contributed by atoms with van der Waals surface area (Å²) in [5.74, 6) is 2.61. The molecule has 1 amide bonds. The van der Waals surface area contributed by atoms with Gasteiger partial charge in [-0.05, 0) is 30.5 Å². The summed E-state index contributed by atoms with van der Waals surface area (Å²) in [4.78, 5) is 17.9. The molecule has 25 heavy (non-hydrogen) atoms. The molecule has 1 saturated heterocycles. The fraction of sp³-hybridized carbons (Fsp3) is 0.556. The van der Waals surface area contributed by atoms with Gasteiger partial charge >= 0.3 is 0 Å². The van der Waals surface area contributed by atoms with E-state index in [1.54, 1.807) is 7.05 Å². The van der Waals surface area contributed by atoms with Gasteiger partial charge in [0, 0.05) is 39.1 Å². The topological polar surface area (TPSA) is 75.2 Å². The Kier molecular flexibility index (Phi) is 5.63. The van der Waals surface area contributed by atoms with Crippen molar-refractivity contribution in [2.75, 3.05) is 33.5 Å². The predicted octanol–water partition coefficient (Wildman–Crippen LogP) is 1.13. The van der Waals surface area contributed by atoms with E-state index in [0.717, 1.165) is 49.9 Å². The average molecular weight is 346 g/mol. The fourth-order valence-corrected chi connectivity index (χ4v) is 3.14. The van der Waals surface area contributed by atoms with Crippen molar-refractivity contribution in [2.45, 2.75) is 32.2 Å². The lowest BCUT2D eigenvalue weighted by molar-refractivity contribution is -0.129. The van der Waals surface area contributed by atoms with Crippen molar-refractivity contribution in [1.82, 2.24) is 15.5 Å². The third-order valence-corrected chi connectivity index (χ3v) is 4.55. The highest BCUT2D eigenvalue weighted by atomic mass is 16.7. The maximum Gasteiger partial charge on any atom is 0.231 e. The summed E-state index contributed by atoms with van der Waals surface area (Å²) in [5, 5.41) is 6.74. The molecule has 1 aromatic rings. The summed E-state index contributed by atoms with van der Waals surface area (Å²) in [5.41, 5.74) is 1.19. The second-order valence-corrected chi connectivity index (χ2v) is 6.26. The molecule has 136 valence electrons. The quantitative estimate of drug-likeness (QED) is 0.618.